The molecule has 13 heteroatoms. The quantitative estimate of drug-likeness (QED) is 0.0706. The Morgan fingerprint density at radius 2 is 0.783 bits per heavy atom. The van der Waals surface area contributed by atoms with E-state index in [2.05, 4.69) is 0 Å². The van der Waals surface area contributed by atoms with Crippen LogP contribution in [0.15, 0.2) is 0 Å². The second kappa shape index (κ2) is 36.1. The van der Waals surface area contributed by atoms with Crippen molar-refractivity contribution in [2.75, 3.05) is 106 Å². The molecule has 0 atom stereocenters. The summed E-state index contributed by atoms with van der Waals surface area (Å²) in [6.45, 7) is 11.3. The molecule has 0 aliphatic heterocycles. The number of rotatable bonds is 35. The van der Waals surface area contributed by atoms with Gasteiger partial charge in [0.1, 0.15) is 0 Å². The van der Waals surface area contributed by atoms with Gasteiger partial charge in [0, 0.05) is 33.5 Å². The summed E-state index contributed by atoms with van der Waals surface area (Å²) in [7, 11) is 1.64. The average molecular weight is 666 g/mol. The molecule has 0 aliphatic rings. The minimum absolute atomic E-state index is 0.108. The summed E-state index contributed by atoms with van der Waals surface area (Å²) in [5.41, 5.74) is 0. The number of hydroxylamine groups is 2. The second-order valence-corrected chi connectivity index (χ2v) is 10.6. The second-order valence-electron chi connectivity index (χ2n) is 10.6. The third-order valence-electron chi connectivity index (χ3n) is 6.59. The van der Waals surface area contributed by atoms with Gasteiger partial charge in [0.05, 0.1) is 92.5 Å². The number of unbranched alkanes of at least 4 members (excludes halogenated alkanes) is 9. The Kier molecular flexibility index (Phi) is 34.8. The van der Waals surface area contributed by atoms with E-state index in [-0.39, 0.29) is 12.8 Å². The molecule has 0 saturated carbocycles. The van der Waals surface area contributed by atoms with Crippen molar-refractivity contribution in [1.82, 2.24) is 5.06 Å². The van der Waals surface area contributed by atoms with E-state index < -0.39 is 17.8 Å². The normalized spacial score (nSPS) is 11.2. The van der Waals surface area contributed by atoms with Crippen molar-refractivity contribution in [1.29, 1.82) is 0 Å². The van der Waals surface area contributed by atoms with Crippen LogP contribution in [0.2, 0.25) is 0 Å². The molecular weight excluding hydrogens is 602 g/mol. The molecule has 272 valence electrons. The van der Waals surface area contributed by atoms with Gasteiger partial charge in [-0.25, -0.2) is 4.79 Å². The highest BCUT2D eigenvalue weighted by molar-refractivity contribution is 5.93. The summed E-state index contributed by atoms with van der Waals surface area (Å²) in [5, 5.41) is 0.561. The first kappa shape index (κ1) is 44.3. The van der Waals surface area contributed by atoms with Crippen molar-refractivity contribution in [3.63, 3.8) is 0 Å². The molecule has 0 spiro atoms. The topological polar surface area (TPSA) is 138 Å². The van der Waals surface area contributed by atoms with Crippen molar-refractivity contribution in [3.05, 3.63) is 0 Å². The predicted molar refractivity (Wildman–Crippen MR) is 172 cm³/mol. The number of amides is 2. The summed E-state index contributed by atoms with van der Waals surface area (Å²) in [6, 6.07) is 0. The number of hydrogen-bond acceptors (Lipinski definition) is 12. The third kappa shape index (κ3) is 32.2. The highest BCUT2D eigenvalue weighted by atomic mass is 16.7. The van der Waals surface area contributed by atoms with Gasteiger partial charge in [-0.05, 0) is 12.8 Å². The molecule has 2 amide bonds. The molecule has 13 nitrogen and oxygen atoms in total. The SMILES string of the molecule is CCC(=O)N(OC(=O)CCCCCCCCCCCCOCCOCCOCCOCCOCCOCCOCCOC)C(C)=O. The number of imide groups is 1. The van der Waals surface area contributed by atoms with Crippen molar-refractivity contribution in [3.8, 4) is 0 Å². The number of carbonyl (C=O) groups is 3. The van der Waals surface area contributed by atoms with E-state index in [1.54, 1.807) is 14.0 Å². The summed E-state index contributed by atoms with van der Waals surface area (Å²) in [5.74, 6) is -1.63. The molecule has 0 aromatic heterocycles. The highest BCUT2D eigenvalue weighted by Gasteiger charge is 2.21. The minimum Gasteiger partial charge on any atom is -0.382 e. The Morgan fingerprint density at radius 3 is 1.13 bits per heavy atom. The monoisotopic (exact) mass is 665 g/mol. The van der Waals surface area contributed by atoms with Crippen LogP contribution in [0.25, 0.3) is 0 Å². The first-order chi connectivity index (χ1) is 22.5. The highest BCUT2D eigenvalue weighted by Crippen LogP contribution is 2.12. The van der Waals surface area contributed by atoms with Crippen LogP contribution in [0.1, 0.15) is 90.9 Å². The van der Waals surface area contributed by atoms with Gasteiger partial charge in [-0.3, -0.25) is 9.59 Å². The number of ether oxygens (including phenoxy) is 8. The molecular formula is C33H63NO12. The Labute approximate surface area is 277 Å². The predicted octanol–water partition coefficient (Wildman–Crippen LogP) is 4.28. The number of hydrogen-bond donors (Lipinski definition) is 0. The van der Waals surface area contributed by atoms with Crippen molar-refractivity contribution in [2.24, 2.45) is 0 Å². The Hall–Kier alpha value is -1.71. The molecule has 0 aromatic carbocycles. The number of carbonyl (C=O) groups excluding carboxylic acids is 3. The van der Waals surface area contributed by atoms with Gasteiger partial charge in [0.15, 0.2) is 0 Å². The number of methoxy groups -OCH3 is 1. The molecule has 0 aliphatic carbocycles. The summed E-state index contributed by atoms with van der Waals surface area (Å²) in [4.78, 5) is 39.8. The van der Waals surface area contributed by atoms with E-state index in [0.29, 0.717) is 104 Å². The molecule has 0 heterocycles. The lowest BCUT2D eigenvalue weighted by Gasteiger charge is -2.16. The fourth-order valence-electron chi connectivity index (χ4n) is 4.03. The van der Waals surface area contributed by atoms with E-state index in [9.17, 15) is 14.4 Å². The lowest BCUT2D eigenvalue weighted by Crippen LogP contribution is -2.36. The number of nitrogens with zero attached hydrogens (tertiary/aromatic N) is 1. The van der Waals surface area contributed by atoms with Crippen LogP contribution in [0.3, 0.4) is 0 Å². The van der Waals surface area contributed by atoms with Crippen LogP contribution >= 0.6 is 0 Å². The lowest BCUT2D eigenvalue weighted by molar-refractivity contribution is -0.201. The summed E-state index contributed by atoms with van der Waals surface area (Å²) in [6.07, 6.45) is 11.2. The molecule has 0 bridgehead atoms. The fraction of sp³-hybridized carbons (Fsp3) is 0.909. The Bertz CT molecular complexity index is 698. The van der Waals surface area contributed by atoms with Crippen molar-refractivity contribution in [2.45, 2.75) is 90.9 Å². The molecule has 0 unspecified atom stereocenters. The minimum atomic E-state index is -0.580. The maximum Gasteiger partial charge on any atom is 0.333 e. The molecule has 46 heavy (non-hydrogen) atoms. The van der Waals surface area contributed by atoms with Gasteiger partial charge >= 0.3 is 5.97 Å². The van der Waals surface area contributed by atoms with Crippen LogP contribution in [0.4, 0.5) is 0 Å². The molecule has 0 fully saturated rings. The van der Waals surface area contributed by atoms with E-state index in [0.717, 1.165) is 32.3 Å². The van der Waals surface area contributed by atoms with Gasteiger partial charge in [0.25, 0.3) is 11.8 Å². The standard InChI is InChI=1S/C33H63NO12/c1-4-32(36)34(31(2)35)46-33(37)15-13-11-9-7-5-6-8-10-12-14-16-39-19-20-41-23-24-43-27-28-45-30-29-44-26-25-42-22-21-40-18-17-38-3/h4-30H2,1-3H3. The molecule has 0 aromatic rings. The first-order valence-electron chi connectivity index (χ1n) is 17.1. The summed E-state index contributed by atoms with van der Waals surface area (Å²) >= 11 is 0. The van der Waals surface area contributed by atoms with Crippen molar-refractivity contribution >= 4 is 17.8 Å². The zero-order valence-electron chi connectivity index (χ0n) is 28.9. The summed E-state index contributed by atoms with van der Waals surface area (Å²) < 4.78 is 43.2. The first-order valence-corrected chi connectivity index (χ1v) is 17.1. The Morgan fingerprint density at radius 1 is 0.457 bits per heavy atom. The molecule has 0 radical (unpaired) electrons. The zero-order chi connectivity index (χ0) is 33.8. The van der Waals surface area contributed by atoms with Crippen LogP contribution in [-0.2, 0) is 57.1 Å². The van der Waals surface area contributed by atoms with Gasteiger partial charge in [-0.2, -0.15) is 0 Å². The van der Waals surface area contributed by atoms with Gasteiger partial charge in [-0.15, -0.1) is 5.06 Å². The van der Waals surface area contributed by atoms with Crippen LogP contribution < -0.4 is 0 Å². The van der Waals surface area contributed by atoms with E-state index in [4.69, 9.17) is 42.7 Å². The van der Waals surface area contributed by atoms with Gasteiger partial charge in [0.2, 0.25) is 0 Å². The van der Waals surface area contributed by atoms with E-state index in [1.165, 1.54) is 39.0 Å². The van der Waals surface area contributed by atoms with Gasteiger partial charge < -0.3 is 42.7 Å². The average Bonchev–Trinajstić information content (AvgIpc) is 3.05. The maximum atomic E-state index is 11.8. The van der Waals surface area contributed by atoms with Crippen LogP contribution in [-0.4, -0.2) is 129 Å². The molecule has 0 N–H and O–H groups in total. The van der Waals surface area contributed by atoms with Crippen molar-refractivity contribution < 1.29 is 57.1 Å². The van der Waals surface area contributed by atoms with Crippen LogP contribution in [0, 0.1) is 0 Å². The molecule has 0 rings (SSSR count). The van der Waals surface area contributed by atoms with E-state index >= 15 is 0 Å². The maximum absolute atomic E-state index is 11.8. The Balaban J connectivity index is 3.21. The zero-order valence-corrected chi connectivity index (χ0v) is 28.9. The largest absolute Gasteiger partial charge is 0.382 e. The van der Waals surface area contributed by atoms with E-state index in [1.807, 2.05) is 0 Å². The smallest absolute Gasteiger partial charge is 0.333 e. The van der Waals surface area contributed by atoms with Crippen LogP contribution in [0.5, 0.6) is 0 Å². The molecule has 0 saturated heterocycles. The third-order valence-corrected chi connectivity index (χ3v) is 6.59. The lowest BCUT2D eigenvalue weighted by atomic mass is 10.1. The fourth-order valence-corrected chi connectivity index (χ4v) is 4.03. The van der Waals surface area contributed by atoms with Gasteiger partial charge in [-0.1, -0.05) is 58.3 Å².